The molecule has 0 aromatic heterocycles. The highest BCUT2D eigenvalue weighted by Crippen LogP contribution is 2.32. The quantitative estimate of drug-likeness (QED) is 0.213. The lowest BCUT2D eigenvalue weighted by Gasteiger charge is -2.13. The lowest BCUT2D eigenvalue weighted by molar-refractivity contribution is -0.384. The molecule has 4 rings (SSSR count). The Balaban J connectivity index is 1.34. The monoisotopic (exact) mass is 567 g/mol. The Morgan fingerprint density at radius 3 is 2.42 bits per heavy atom. The van der Waals surface area contributed by atoms with Crippen molar-refractivity contribution in [3.8, 4) is 5.75 Å². The molecule has 1 heterocycles. The number of non-ortho nitro benzene ring substituents is 1. The number of rotatable bonds is 8. The fourth-order valence-corrected chi connectivity index (χ4v) is 4.45. The summed E-state index contributed by atoms with van der Waals surface area (Å²) in [5.41, 5.74) is 2.01. The molecule has 1 aliphatic rings. The first-order valence-corrected chi connectivity index (χ1v) is 12.2. The van der Waals surface area contributed by atoms with E-state index in [-0.39, 0.29) is 17.2 Å². The number of imide groups is 1. The Bertz CT molecular complexity index is 1360. The van der Waals surface area contributed by atoms with E-state index in [2.05, 4.69) is 21.2 Å². The van der Waals surface area contributed by atoms with E-state index in [4.69, 9.17) is 4.74 Å². The number of nitrogens with one attached hydrogen (secondary N) is 1. The van der Waals surface area contributed by atoms with Gasteiger partial charge >= 0.3 is 0 Å². The van der Waals surface area contributed by atoms with Gasteiger partial charge in [-0.3, -0.25) is 29.4 Å². The summed E-state index contributed by atoms with van der Waals surface area (Å²) in [6, 6.07) is 20.0. The maximum atomic E-state index is 12.7. The molecule has 1 aliphatic heterocycles. The second-order valence-corrected chi connectivity index (χ2v) is 9.42. The molecule has 0 atom stereocenters. The average molecular weight is 568 g/mol. The number of nitrogens with zero attached hydrogens (tertiary/aromatic N) is 2. The minimum atomic E-state index is -0.536. The molecule has 1 saturated heterocycles. The fraction of sp³-hybridized carbons (Fsp3) is 0.0800. The van der Waals surface area contributed by atoms with Crippen LogP contribution in [0.25, 0.3) is 6.08 Å². The molecule has 0 spiro atoms. The van der Waals surface area contributed by atoms with Crippen LogP contribution in [0.4, 0.5) is 16.2 Å². The van der Waals surface area contributed by atoms with Crippen molar-refractivity contribution in [2.45, 2.75) is 6.61 Å². The molecule has 3 aromatic carbocycles. The molecule has 11 heteroatoms. The number of anilines is 1. The van der Waals surface area contributed by atoms with Crippen molar-refractivity contribution < 1.29 is 24.0 Å². The van der Waals surface area contributed by atoms with E-state index in [1.165, 1.54) is 12.1 Å². The lowest BCUT2D eigenvalue weighted by atomic mass is 10.2. The van der Waals surface area contributed by atoms with Crippen LogP contribution in [0.2, 0.25) is 0 Å². The average Bonchev–Trinajstić information content (AvgIpc) is 3.12. The van der Waals surface area contributed by atoms with Gasteiger partial charge in [0, 0.05) is 16.6 Å². The van der Waals surface area contributed by atoms with Crippen molar-refractivity contribution in [1.82, 2.24) is 4.90 Å². The molecule has 9 nitrogen and oxygen atoms in total. The molecule has 0 radical (unpaired) electrons. The summed E-state index contributed by atoms with van der Waals surface area (Å²) in [5.74, 6) is -0.451. The second-order valence-electron chi connectivity index (χ2n) is 7.58. The van der Waals surface area contributed by atoms with E-state index < -0.39 is 28.5 Å². The molecule has 0 bridgehead atoms. The van der Waals surface area contributed by atoms with Crippen LogP contribution >= 0.6 is 27.7 Å². The van der Waals surface area contributed by atoms with Gasteiger partial charge in [0.1, 0.15) is 18.9 Å². The fourth-order valence-electron chi connectivity index (χ4n) is 3.22. The highest BCUT2D eigenvalue weighted by atomic mass is 79.9. The summed E-state index contributed by atoms with van der Waals surface area (Å²) < 4.78 is 6.39. The zero-order valence-electron chi connectivity index (χ0n) is 18.5. The van der Waals surface area contributed by atoms with Crippen LogP contribution in [0.15, 0.2) is 82.2 Å². The van der Waals surface area contributed by atoms with Crippen LogP contribution in [0.5, 0.6) is 5.75 Å². The van der Waals surface area contributed by atoms with Gasteiger partial charge in [0.2, 0.25) is 5.91 Å². The first kappa shape index (κ1) is 25.1. The maximum absolute atomic E-state index is 12.7. The summed E-state index contributed by atoms with van der Waals surface area (Å²) in [7, 11) is 0. The summed E-state index contributed by atoms with van der Waals surface area (Å²) in [5, 5.41) is 12.9. The molecular formula is C25H18BrN3O6S. The van der Waals surface area contributed by atoms with Crippen LogP contribution in [-0.4, -0.2) is 33.4 Å². The first-order chi connectivity index (χ1) is 17.3. The zero-order valence-corrected chi connectivity index (χ0v) is 21.0. The van der Waals surface area contributed by atoms with Crippen LogP contribution in [-0.2, 0) is 16.2 Å². The molecule has 1 fully saturated rings. The predicted molar refractivity (Wildman–Crippen MR) is 139 cm³/mol. The van der Waals surface area contributed by atoms with Gasteiger partial charge in [-0.05, 0) is 81.3 Å². The number of thioether (sulfide) groups is 1. The Morgan fingerprint density at radius 1 is 1.06 bits per heavy atom. The minimum absolute atomic E-state index is 0.0115. The lowest BCUT2D eigenvalue weighted by Crippen LogP contribution is -2.36. The SMILES string of the molecule is O=C(CN1C(=O)S/C(=C/c2ccc(OCc3ccc([N+](=O)[O-])cc3)cc2)C1=O)Nc1ccccc1Br. The molecule has 0 saturated carbocycles. The van der Waals surface area contributed by atoms with Crippen molar-refractivity contribution in [3.05, 3.63) is 103 Å². The van der Waals surface area contributed by atoms with Crippen LogP contribution < -0.4 is 10.1 Å². The van der Waals surface area contributed by atoms with Gasteiger partial charge in [-0.2, -0.15) is 0 Å². The summed E-state index contributed by atoms with van der Waals surface area (Å²) >= 11 is 4.11. The number of halogens is 1. The van der Waals surface area contributed by atoms with Crippen LogP contribution in [0, 0.1) is 10.1 Å². The number of benzene rings is 3. The van der Waals surface area contributed by atoms with E-state index in [1.54, 1.807) is 66.7 Å². The van der Waals surface area contributed by atoms with Crippen LogP contribution in [0.1, 0.15) is 11.1 Å². The van der Waals surface area contributed by atoms with E-state index in [0.29, 0.717) is 21.5 Å². The van der Waals surface area contributed by atoms with Crippen molar-refractivity contribution in [2.75, 3.05) is 11.9 Å². The molecule has 3 amide bonds. The number of carbonyl (C=O) groups excluding carboxylic acids is 3. The Kier molecular flexibility index (Phi) is 7.81. The van der Waals surface area contributed by atoms with Crippen molar-refractivity contribution in [3.63, 3.8) is 0 Å². The van der Waals surface area contributed by atoms with Gasteiger partial charge < -0.3 is 10.1 Å². The normalized spacial score (nSPS) is 14.2. The van der Waals surface area contributed by atoms with Crippen LogP contribution in [0.3, 0.4) is 0 Å². The van der Waals surface area contributed by atoms with Gasteiger partial charge in [-0.1, -0.05) is 24.3 Å². The van der Waals surface area contributed by atoms with Crippen molar-refractivity contribution in [1.29, 1.82) is 0 Å². The molecule has 182 valence electrons. The zero-order chi connectivity index (χ0) is 25.7. The number of ether oxygens (including phenoxy) is 1. The third-order valence-corrected chi connectivity index (χ3v) is 6.65. The number of carbonyl (C=O) groups is 3. The highest BCUT2D eigenvalue weighted by Gasteiger charge is 2.36. The van der Waals surface area contributed by atoms with E-state index in [0.717, 1.165) is 22.2 Å². The number of hydrogen-bond acceptors (Lipinski definition) is 7. The van der Waals surface area contributed by atoms with Crippen molar-refractivity contribution in [2.24, 2.45) is 0 Å². The second kappa shape index (κ2) is 11.2. The van der Waals surface area contributed by atoms with Gasteiger partial charge in [0.25, 0.3) is 16.8 Å². The molecule has 3 aromatic rings. The standard InChI is InChI=1S/C25H18BrN3O6S/c26-20-3-1-2-4-21(20)27-23(30)14-28-24(31)22(36-25(28)32)13-16-7-11-19(12-8-16)35-15-17-5-9-18(10-6-17)29(33)34/h1-13H,14-15H2,(H,27,30)/b22-13+. The Labute approximate surface area is 218 Å². The predicted octanol–water partition coefficient (Wildman–Crippen LogP) is 5.61. The Morgan fingerprint density at radius 2 is 1.75 bits per heavy atom. The maximum Gasteiger partial charge on any atom is 0.294 e. The number of amides is 3. The minimum Gasteiger partial charge on any atom is -0.489 e. The third kappa shape index (κ3) is 6.18. The van der Waals surface area contributed by atoms with Gasteiger partial charge in [-0.15, -0.1) is 0 Å². The van der Waals surface area contributed by atoms with E-state index in [1.807, 2.05) is 0 Å². The molecule has 36 heavy (non-hydrogen) atoms. The first-order valence-electron chi connectivity index (χ1n) is 10.6. The topological polar surface area (TPSA) is 119 Å². The largest absolute Gasteiger partial charge is 0.489 e. The number of hydrogen-bond donors (Lipinski definition) is 1. The number of nitro groups is 1. The van der Waals surface area contributed by atoms with E-state index >= 15 is 0 Å². The molecule has 0 aliphatic carbocycles. The summed E-state index contributed by atoms with van der Waals surface area (Å²) in [4.78, 5) is 48.9. The molecular weight excluding hydrogens is 550 g/mol. The van der Waals surface area contributed by atoms with Gasteiger partial charge in [0.15, 0.2) is 0 Å². The third-order valence-electron chi connectivity index (χ3n) is 5.05. The van der Waals surface area contributed by atoms with E-state index in [9.17, 15) is 24.5 Å². The highest BCUT2D eigenvalue weighted by molar-refractivity contribution is 9.10. The Hall–Kier alpha value is -3.96. The summed E-state index contributed by atoms with van der Waals surface area (Å²) in [6.45, 7) is -0.156. The number of nitro benzene ring substituents is 1. The molecule has 1 N–H and O–H groups in total. The van der Waals surface area contributed by atoms with Gasteiger partial charge in [-0.25, -0.2) is 0 Å². The smallest absolute Gasteiger partial charge is 0.294 e. The van der Waals surface area contributed by atoms with Gasteiger partial charge in [0.05, 0.1) is 15.5 Å². The molecule has 0 unspecified atom stereocenters. The van der Waals surface area contributed by atoms with Crippen molar-refractivity contribution >= 4 is 62.2 Å². The summed E-state index contributed by atoms with van der Waals surface area (Å²) in [6.07, 6.45) is 1.58. The number of para-hydroxylation sites is 1.